The van der Waals surface area contributed by atoms with Gasteiger partial charge < -0.3 is 6.08 Å². The summed E-state index contributed by atoms with van der Waals surface area (Å²) in [6.07, 6.45) is 9.87. The van der Waals surface area contributed by atoms with Gasteiger partial charge in [-0.15, -0.1) is 0 Å². The zero-order chi connectivity index (χ0) is 7.11. The van der Waals surface area contributed by atoms with Gasteiger partial charge in [0.05, 0.1) is 0 Å². The molecule has 1 heteroatoms. The first-order valence-electron chi connectivity index (χ1n) is 3.09. The van der Waals surface area contributed by atoms with Gasteiger partial charge in [-0.25, -0.2) is 0 Å². The van der Waals surface area contributed by atoms with Crippen molar-refractivity contribution in [1.29, 1.82) is 0 Å². The summed E-state index contributed by atoms with van der Waals surface area (Å²) in [5.74, 6) is 0. The van der Waals surface area contributed by atoms with Crippen LogP contribution in [0.1, 0.15) is 20.3 Å². The fraction of sp³-hybridized carbons (Fsp3) is 0.333. The first-order valence-corrected chi connectivity index (χ1v) is 3.09. The van der Waals surface area contributed by atoms with Gasteiger partial charge in [0.2, 0.25) is 0 Å². The van der Waals surface area contributed by atoms with E-state index in [4.69, 9.17) is 0 Å². The molecule has 0 unspecified atom stereocenters. The number of hydrogen-bond donors (Lipinski definition) is 0. The third-order valence-corrected chi connectivity index (χ3v) is 1.08. The Balaban J connectivity index is 0. The fourth-order valence-corrected chi connectivity index (χ4v) is 0.446. The van der Waals surface area contributed by atoms with Gasteiger partial charge in [-0.3, -0.25) is 6.08 Å². The van der Waals surface area contributed by atoms with Crippen molar-refractivity contribution >= 4 is 0 Å². The smallest absolute Gasteiger partial charge is 0 e. The Labute approximate surface area is 91.7 Å². The van der Waals surface area contributed by atoms with Crippen LogP contribution in [0.25, 0.3) is 0 Å². The molecule has 0 aromatic carbocycles. The van der Waals surface area contributed by atoms with Gasteiger partial charge in [0.15, 0.2) is 0 Å². The molecule has 0 rings (SSSR count). The number of hydrogen-bond acceptors (Lipinski definition) is 0. The van der Waals surface area contributed by atoms with Crippen LogP contribution in [-0.2, 0) is 0 Å². The van der Waals surface area contributed by atoms with Gasteiger partial charge in [-0.05, 0) is 13.3 Å². The van der Waals surface area contributed by atoms with E-state index in [0.717, 1.165) is 6.42 Å². The van der Waals surface area contributed by atoms with Gasteiger partial charge in [0.1, 0.15) is 0 Å². The molecule has 0 nitrogen and oxygen atoms in total. The average molecular weight is 260 g/mol. The quantitative estimate of drug-likeness (QED) is 0.540. The molecule has 0 saturated heterocycles. The van der Waals surface area contributed by atoms with E-state index < -0.39 is 0 Å². The minimum absolute atomic E-state index is 0. The summed E-state index contributed by atoms with van der Waals surface area (Å²) in [5, 5.41) is 0. The molecule has 0 aromatic rings. The van der Waals surface area contributed by atoms with E-state index in [1.807, 2.05) is 26.0 Å². The van der Waals surface area contributed by atoms with Crippen LogP contribution in [0.4, 0.5) is 0 Å². The Morgan fingerprint density at radius 1 is 1.60 bits per heavy atom. The first kappa shape index (κ1) is 13.0. The summed E-state index contributed by atoms with van der Waals surface area (Å²) in [5.41, 5.74) is 1.22. The topological polar surface area (TPSA) is 0 Å². The molecule has 0 spiro atoms. The van der Waals surface area contributed by atoms with E-state index in [2.05, 4.69) is 18.7 Å². The van der Waals surface area contributed by atoms with E-state index in [1.165, 1.54) is 5.57 Å². The number of allylic oxidation sites excluding steroid dienone is 5. The van der Waals surface area contributed by atoms with Gasteiger partial charge in [0.25, 0.3) is 0 Å². The molecule has 0 fully saturated rings. The Bertz CT molecular complexity index is 132. The molecule has 10 heavy (non-hydrogen) atoms. The van der Waals surface area contributed by atoms with Crippen LogP contribution in [0.2, 0.25) is 0 Å². The zero-order valence-electron chi connectivity index (χ0n) is 6.72. The second-order valence-electron chi connectivity index (χ2n) is 1.88. The van der Waals surface area contributed by atoms with Crippen molar-refractivity contribution < 1.29 is 35.6 Å². The number of rotatable bonds is 3. The molecule has 0 saturated carbocycles. The van der Waals surface area contributed by atoms with Crippen LogP contribution in [0, 0.1) is 41.7 Å². The molecule has 0 bridgehead atoms. The average Bonchev–Trinajstić information content (AvgIpc) is 1.89. The zero-order valence-corrected chi connectivity index (χ0v) is 10.3. The van der Waals surface area contributed by atoms with Crippen LogP contribution in [-0.4, -0.2) is 0 Å². The monoisotopic (exact) mass is 260 g/mol. The normalized spacial score (nSPS) is 11.2. The summed E-state index contributed by atoms with van der Waals surface area (Å²) in [6.45, 7) is 7.57. The Morgan fingerprint density at radius 2 is 2.20 bits per heavy atom. The van der Waals surface area contributed by atoms with Crippen molar-refractivity contribution in [2.75, 3.05) is 0 Å². The fourth-order valence-electron chi connectivity index (χ4n) is 0.446. The maximum Gasteiger partial charge on any atom is 0 e. The summed E-state index contributed by atoms with van der Waals surface area (Å²) in [6, 6.07) is 0. The first-order chi connectivity index (χ1) is 4.31. The van der Waals surface area contributed by atoms with Crippen LogP contribution < -0.4 is 0 Å². The Hall–Kier alpha value is 0.415. The molecule has 0 atom stereocenters. The minimum atomic E-state index is 0. The third-order valence-electron chi connectivity index (χ3n) is 1.08. The van der Waals surface area contributed by atoms with Crippen molar-refractivity contribution in [2.45, 2.75) is 20.3 Å². The Morgan fingerprint density at radius 3 is 2.60 bits per heavy atom. The van der Waals surface area contributed by atoms with E-state index >= 15 is 0 Å². The van der Waals surface area contributed by atoms with Crippen molar-refractivity contribution in [3.63, 3.8) is 0 Å². The molecule has 0 aromatic heterocycles. The van der Waals surface area contributed by atoms with Gasteiger partial charge >= 0.3 is 0 Å². The molecular formula is C9H13La-. The van der Waals surface area contributed by atoms with Crippen molar-refractivity contribution in [2.24, 2.45) is 0 Å². The minimum Gasteiger partial charge on any atom is -0.503 e. The van der Waals surface area contributed by atoms with Crippen molar-refractivity contribution in [3.05, 3.63) is 36.5 Å². The van der Waals surface area contributed by atoms with Crippen molar-refractivity contribution in [3.8, 4) is 0 Å². The summed E-state index contributed by atoms with van der Waals surface area (Å²) in [4.78, 5) is 0. The molecule has 0 amide bonds. The van der Waals surface area contributed by atoms with Gasteiger partial charge in [0, 0.05) is 35.6 Å². The summed E-state index contributed by atoms with van der Waals surface area (Å²) < 4.78 is 0. The maximum absolute atomic E-state index is 3.64. The molecule has 0 heterocycles. The molecule has 0 aliphatic rings. The van der Waals surface area contributed by atoms with Crippen molar-refractivity contribution in [1.82, 2.24) is 0 Å². The molecule has 0 N–H and O–H groups in total. The SMILES string of the molecule is C=C/C(C)=C\CC=[C-]C.[La]. The second-order valence-corrected chi connectivity index (χ2v) is 1.88. The van der Waals surface area contributed by atoms with Crippen LogP contribution >= 0.6 is 0 Å². The molecule has 0 aliphatic carbocycles. The van der Waals surface area contributed by atoms with Gasteiger partial charge in [-0.2, -0.15) is 6.92 Å². The van der Waals surface area contributed by atoms with E-state index in [0.29, 0.717) is 0 Å². The van der Waals surface area contributed by atoms with E-state index in [-0.39, 0.29) is 35.6 Å². The summed E-state index contributed by atoms with van der Waals surface area (Å²) >= 11 is 0. The van der Waals surface area contributed by atoms with Gasteiger partial charge in [-0.1, -0.05) is 24.3 Å². The predicted octanol–water partition coefficient (Wildman–Crippen LogP) is 2.89. The molecule has 53 valence electrons. The molecule has 0 aliphatic heterocycles. The second kappa shape index (κ2) is 9.41. The maximum atomic E-state index is 3.64. The Kier molecular flexibility index (Phi) is 12.3. The van der Waals surface area contributed by atoms with E-state index in [9.17, 15) is 0 Å². The van der Waals surface area contributed by atoms with E-state index in [1.54, 1.807) is 0 Å². The third kappa shape index (κ3) is 8.41. The summed E-state index contributed by atoms with van der Waals surface area (Å²) in [7, 11) is 0. The predicted molar refractivity (Wildman–Crippen MR) is 42.1 cm³/mol. The van der Waals surface area contributed by atoms with Crippen LogP contribution in [0.5, 0.6) is 0 Å². The molecular weight excluding hydrogens is 247 g/mol. The largest absolute Gasteiger partial charge is 0.503 e. The standard InChI is InChI=1S/C9H13.La/c1-4-6-7-8-9(3)5-2;/h5-6,8H,2,7H2,1,3H3;/q-1;/b9-8-;. The van der Waals surface area contributed by atoms with Crippen LogP contribution in [0.15, 0.2) is 30.4 Å². The molecule has 1 radical (unpaired) electrons. The van der Waals surface area contributed by atoms with Crippen LogP contribution in [0.3, 0.4) is 0 Å².